The molecule has 0 atom stereocenters. The summed E-state index contributed by atoms with van der Waals surface area (Å²) in [5.74, 6) is 0. The van der Waals surface area contributed by atoms with Gasteiger partial charge < -0.3 is 4.57 Å². The second-order valence-electron chi connectivity index (χ2n) is 8.41. The normalized spacial score (nSPS) is 14.3. The van der Waals surface area contributed by atoms with Gasteiger partial charge in [-0.1, -0.05) is 56.3 Å². The number of rotatable bonds is 1. The lowest BCUT2D eigenvalue weighted by Gasteiger charge is -2.21. The summed E-state index contributed by atoms with van der Waals surface area (Å²) in [6, 6.07) is 26.4. The summed E-state index contributed by atoms with van der Waals surface area (Å²) < 4.78 is 3.97. The van der Waals surface area contributed by atoms with Gasteiger partial charge in [-0.25, -0.2) is 4.98 Å². The van der Waals surface area contributed by atoms with Crippen LogP contribution in [0.2, 0.25) is 0 Å². The maximum Gasteiger partial charge on any atom is 0.109 e. The third kappa shape index (κ3) is 2.44. The third-order valence-corrected chi connectivity index (χ3v) is 7.19. The highest BCUT2D eigenvalue weighted by Gasteiger charge is 2.36. The quantitative estimate of drug-likeness (QED) is 0.206. The number of benzene rings is 3. The lowest BCUT2D eigenvalue weighted by Crippen LogP contribution is -2.14. The predicted molar refractivity (Wildman–Crippen MR) is 132 cm³/mol. The number of pyridine rings is 1. The van der Waals surface area contributed by atoms with Gasteiger partial charge in [-0.2, -0.15) is 0 Å². The van der Waals surface area contributed by atoms with Gasteiger partial charge in [0.15, 0.2) is 0 Å². The summed E-state index contributed by atoms with van der Waals surface area (Å²) in [5, 5.41) is 2.54. The highest BCUT2D eigenvalue weighted by atomic mass is 79.9. The molecule has 1 aliphatic rings. The summed E-state index contributed by atoms with van der Waals surface area (Å²) in [4.78, 5) is 4.43. The average Bonchev–Trinajstić information content (AvgIpc) is 3.16. The highest BCUT2D eigenvalue weighted by molar-refractivity contribution is 9.11. The first-order chi connectivity index (χ1) is 14.4. The van der Waals surface area contributed by atoms with Crippen LogP contribution in [0.5, 0.6) is 0 Å². The molecule has 0 N–H and O–H groups in total. The molecule has 4 heteroatoms. The van der Waals surface area contributed by atoms with E-state index >= 15 is 0 Å². The van der Waals surface area contributed by atoms with Crippen molar-refractivity contribution >= 4 is 53.7 Å². The molecule has 0 saturated carbocycles. The van der Waals surface area contributed by atoms with Crippen molar-refractivity contribution in [3.05, 3.63) is 93.1 Å². The summed E-state index contributed by atoms with van der Waals surface area (Å²) in [6.45, 7) is 4.66. The van der Waals surface area contributed by atoms with E-state index in [1.54, 1.807) is 0 Å². The maximum absolute atomic E-state index is 4.43. The van der Waals surface area contributed by atoms with Crippen LogP contribution in [-0.2, 0) is 5.41 Å². The first-order valence-electron chi connectivity index (χ1n) is 9.96. The summed E-state index contributed by atoms with van der Waals surface area (Å²) in [5.41, 5.74) is 8.97. The minimum atomic E-state index is -0.0270. The van der Waals surface area contributed by atoms with Crippen LogP contribution in [0, 0.1) is 0 Å². The SMILES string of the molecule is CC1(C)c2ccccc2-c2cc3c4ccccc4n(-c4cc(Br)nc(Br)c4)c3cc21. The van der Waals surface area contributed by atoms with Gasteiger partial charge in [0.1, 0.15) is 9.21 Å². The Hall–Kier alpha value is -2.43. The van der Waals surface area contributed by atoms with Crippen LogP contribution in [-0.4, -0.2) is 9.55 Å². The molecule has 0 amide bonds. The van der Waals surface area contributed by atoms with E-state index in [0.717, 1.165) is 14.9 Å². The number of fused-ring (bicyclic) bond motifs is 6. The minimum absolute atomic E-state index is 0.0270. The largest absolute Gasteiger partial charge is 0.309 e. The molecule has 2 heterocycles. The molecule has 1 aliphatic carbocycles. The van der Waals surface area contributed by atoms with E-state index in [4.69, 9.17) is 0 Å². The Morgan fingerprint density at radius 3 is 2.20 bits per heavy atom. The number of halogens is 2. The van der Waals surface area contributed by atoms with Gasteiger partial charge in [0.2, 0.25) is 0 Å². The average molecular weight is 518 g/mol. The summed E-state index contributed by atoms with van der Waals surface area (Å²) in [6.07, 6.45) is 0. The fourth-order valence-electron chi connectivity index (χ4n) is 5.02. The van der Waals surface area contributed by atoms with Crippen LogP contribution in [0.25, 0.3) is 38.6 Å². The van der Waals surface area contributed by atoms with Crippen LogP contribution in [0.15, 0.2) is 82.0 Å². The van der Waals surface area contributed by atoms with Gasteiger partial charge in [-0.15, -0.1) is 0 Å². The Kier molecular flexibility index (Phi) is 3.84. The zero-order chi connectivity index (χ0) is 20.6. The van der Waals surface area contributed by atoms with Gasteiger partial charge in [-0.3, -0.25) is 0 Å². The van der Waals surface area contributed by atoms with Gasteiger partial charge in [0.05, 0.1) is 16.7 Å². The molecule has 5 aromatic rings. The van der Waals surface area contributed by atoms with Gasteiger partial charge in [-0.05, 0) is 84.4 Å². The molecule has 0 spiro atoms. The number of para-hydroxylation sites is 1. The second-order valence-corrected chi connectivity index (χ2v) is 10.0. The van der Waals surface area contributed by atoms with Crippen LogP contribution >= 0.6 is 31.9 Å². The Bertz CT molecular complexity index is 1470. The maximum atomic E-state index is 4.43. The zero-order valence-corrected chi connectivity index (χ0v) is 19.8. The van der Waals surface area contributed by atoms with Gasteiger partial charge in [0.25, 0.3) is 0 Å². The van der Waals surface area contributed by atoms with Crippen LogP contribution in [0.3, 0.4) is 0 Å². The van der Waals surface area contributed by atoms with E-state index in [1.165, 1.54) is 44.1 Å². The predicted octanol–water partition coefficient (Wildman–Crippen LogP) is 8.01. The van der Waals surface area contributed by atoms with E-state index in [-0.39, 0.29) is 5.41 Å². The highest BCUT2D eigenvalue weighted by Crippen LogP contribution is 2.50. The molecule has 0 saturated heterocycles. The molecule has 146 valence electrons. The van der Waals surface area contributed by atoms with Crippen molar-refractivity contribution in [2.75, 3.05) is 0 Å². The van der Waals surface area contributed by atoms with Crippen LogP contribution in [0.1, 0.15) is 25.0 Å². The summed E-state index contributed by atoms with van der Waals surface area (Å²) >= 11 is 7.12. The first-order valence-corrected chi connectivity index (χ1v) is 11.5. The first kappa shape index (κ1) is 18.3. The monoisotopic (exact) mass is 516 g/mol. The number of nitrogens with zero attached hydrogens (tertiary/aromatic N) is 2. The van der Waals surface area contributed by atoms with Crippen molar-refractivity contribution < 1.29 is 0 Å². The molecule has 0 bridgehead atoms. The van der Waals surface area contributed by atoms with E-state index in [9.17, 15) is 0 Å². The zero-order valence-electron chi connectivity index (χ0n) is 16.6. The van der Waals surface area contributed by atoms with E-state index in [2.05, 4.69) is 128 Å². The second kappa shape index (κ2) is 6.29. The molecule has 0 unspecified atom stereocenters. The fourth-order valence-corrected chi connectivity index (χ4v) is 6.11. The Balaban J connectivity index is 1.78. The van der Waals surface area contributed by atoms with E-state index in [1.807, 2.05) is 0 Å². The molecule has 6 rings (SSSR count). The minimum Gasteiger partial charge on any atom is -0.309 e. The van der Waals surface area contributed by atoms with E-state index < -0.39 is 0 Å². The standard InChI is InChI=1S/C26H18Br2N2/c1-26(2)20-9-5-3-7-16(20)18-13-19-17-8-4-6-10-22(17)30(23(19)14-21(18)26)15-11-24(27)29-25(28)12-15/h3-14H,1-2H3. The number of hydrogen-bond donors (Lipinski definition) is 0. The lowest BCUT2D eigenvalue weighted by atomic mass is 9.82. The third-order valence-electron chi connectivity index (χ3n) is 6.38. The number of aromatic nitrogens is 2. The molecule has 0 fully saturated rings. The van der Waals surface area contributed by atoms with Crippen molar-refractivity contribution in [3.63, 3.8) is 0 Å². The molecule has 2 nitrogen and oxygen atoms in total. The molecular weight excluding hydrogens is 500 g/mol. The van der Waals surface area contributed by atoms with Crippen LogP contribution in [0.4, 0.5) is 0 Å². The van der Waals surface area contributed by atoms with Crippen molar-refractivity contribution in [2.24, 2.45) is 0 Å². The van der Waals surface area contributed by atoms with Gasteiger partial charge in [0, 0.05) is 16.2 Å². The Morgan fingerprint density at radius 1 is 0.700 bits per heavy atom. The van der Waals surface area contributed by atoms with Gasteiger partial charge >= 0.3 is 0 Å². The van der Waals surface area contributed by atoms with E-state index in [0.29, 0.717) is 0 Å². The summed E-state index contributed by atoms with van der Waals surface area (Å²) in [7, 11) is 0. The molecular formula is C26H18Br2N2. The molecule has 2 aromatic heterocycles. The van der Waals surface area contributed by atoms with Crippen molar-refractivity contribution in [3.8, 4) is 16.8 Å². The lowest BCUT2D eigenvalue weighted by molar-refractivity contribution is 0.661. The fraction of sp³-hybridized carbons (Fsp3) is 0.115. The van der Waals surface area contributed by atoms with Crippen molar-refractivity contribution in [2.45, 2.75) is 19.3 Å². The van der Waals surface area contributed by atoms with Crippen molar-refractivity contribution in [1.29, 1.82) is 0 Å². The molecule has 0 radical (unpaired) electrons. The Labute approximate surface area is 191 Å². The smallest absolute Gasteiger partial charge is 0.109 e. The molecule has 0 aliphatic heterocycles. The molecule has 30 heavy (non-hydrogen) atoms. The number of hydrogen-bond acceptors (Lipinski definition) is 1. The Morgan fingerprint density at radius 2 is 1.40 bits per heavy atom. The molecule has 3 aromatic carbocycles. The van der Waals surface area contributed by atoms with Crippen LogP contribution < -0.4 is 0 Å². The van der Waals surface area contributed by atoms with Crippen molar-refractivity contribution in [1.82, 2.24) is 9.55 Å². The topological polar surface area (TPSA) is 17.8 Å².